The molecule has 1 fully saturated rings. The SMILES string of the molecule is CCCC1CCC(NC(=O)c2cccc(C(=O)O)n2)CC1. The van der Waals surface area contributed by atoms with E-state index in [0.717, 1.165) is 31.6 Å². The number of carboxylic acids is 1. The topological polar surface area (TPSA) is 79.3 Å². The van der Waals surface area contributed by atoms with Gasteiger partial charge in [-0.2, -0.15) is 0 Å². The molecule has 0 bridgehead atoms. The average Bonchev–Trinajstić information content (AvgIpc) is 2.49. The second kappa shape index (κ2) is 7.20. The van der Waals surface area contributed by atoms with Crippen LogP contribution in [0.2, 0.25) is 0 Å². The normalized spacial score (nSPS) is 21.8. The van der Waals surface area contributed by atoms with Crippen molar-refractivity contribution in [3.8, 4) is 0 Å². The summed E-state index contributed by atoms with van der Waals surface area (Å²) >= 11 is 0. The molecule has 0 atom stereocenters. The summed E-state index contributed by atoms with van der Waals surface area (Å²) in [4.78, 5) is 26.9. The molecule has 0 aromatic carbocycles. The van der Waals surface area contributed by atoms with Gasteiger partial charge in [0.2, 0.25) is 0 Å². The van der Waals surface area contributed by atoms with Crippen molar-refractivity contribution in [1.29, 1.82) is 0 Å². The van der Waals surface area contributed by atoms with Gasteiger partial charge < -0.3 is 10.4 Å². The van der Waals surface area contributed by atoms with E-state index in [2.05, 4.69) is 17.2 Å². The van der Waals surface area contributed by atoms with Crippen molar-refractivity contribution in [3.05, 3.63) is 29.6 Å². The summed E-state index contributed by atoms with van der Waals surface area (Å²) < 4.78 is 0. The Labute approximate surface area is 124 Å². The highest BCUT2D eigenvalue weighted by atomic mass is 16.4. The third kappa shape index (κ3) is 4.28. The van der Waals surface area contributed by atoms with Crippen LogP contribution in [0.4, 0.5) is 0 Å². The van der Waals surface area contributed by atoms with Gasteiger partial charge in [-0.25, -0.2) is 9.78 Å². The van der Waals surface area contributed by atoms with Gasteiger partial charge in [0, 0.05) is 6.04 Å². The average molecular weight is 290 g/mol. The summed E-state index contributed by atoms with van der Waals surface area (Å²) in [5, 5.41) is 11.9. The monoisotopic (exact) mass is 290 g/mol. The Bertz CT molecular complexity index is 508. The van der Waals surface area contributed by atoms with Crippen LogP contribution in [0.25, 0.3) is 0 Å². The number of hydrogen-bond acceptors (Lipinski definition) is 3. The predicted octanol–water partition coefficient (Wildman–Crippen LogP) is 2.87. The van der Waals surface area contributed by atoms with Crippen LogP contribution >= 0.6 is 0 Å². The number of carboxylic acid groups (broad SMARTS) is 1. The number of pyridine rings is 1. The summed E-state index contributed by atoms with van der Waals surface area (Å²) in [5.74, 6) is -0.613. The fourth-order valence-corrected chi connectivity index (χ4v) is 2.94. The van der Waals surface area contributed by atoms with Gasteiger partial charge in [-0.3, -0.25) is 4.79 Å². The second-order valence-corrected chi connectivity index (χ2v) is 5.69. The molecular weight excluding hydrogens is 268 g/mol. The second-order valence-electron chi connectivity index (χ2n) is 5.69. The van der Waals surface area contributed by atoms with Gasteiger partial charge in [0.05, 0.1) is 0 Å². The third-order valence-electron chi connectivity index (χ3n) is 4.08. The lowest BCUT2D eigenvalue weighted by Gasteiger charge is -2.28. The van der Waals surface area contributed by atoms with Crippen molar-refractivity contribution in [2.45, 2.75) is 51.5 Å². The van der Waals surface area contributed by atoms with Gasteiger partial charge >= 0.3 is 5.97 Å². The molecule has 0 spiro atoms. The lowest BCUT2D eigenvalue weighted by atomic mass is 9.83. The van der Waals surface area contributed by atoms with Crippen LogP contribution in [0.3, 0.4) is 0 Å². The maximum atomic E-state index is 12.1. The van der Waals surface area contributed by atoms with Crippen LogP contribution in [-0.2, 0) is 0 Å². The third-order valence-corrected chi connectivity index (χ3v) is 4.08. The number of nitrogens with zero attached hydrogens (tertiary/aromatic N) is 1. The van der Waals surface area contributed by atoms with E-state index in [1.165, 1.54) is 18.9 Å². The van der Waals surface area contributed by atoms with Gasteiger partial charge in [-0.1, -0.05) is 25.8 Å². The number of aromatic nitrogens is 1. The lowest BCUT2D eigenvalue weighted by Crippen LogP contribution is -2.38. The highest BCUT2D eigenvalue weighted by Crippen LogP contribution is 2.27. The molecule has 0 unspecified atom stereocenters. The number of carbonyl (C=O) groups is 2. The number of aromatic carboxylic acids is 1. The van der Waals surface area contributed by atoms with Gasteiger partial charge in [-0.05, 0) is 43.7 Å². The Morgan fingerprint density at radius 1 is 1.24 bits per heavy atom. The van der Waals surface area contributed by atoms with Gasteiger partial charge in [0.25, 0.3) is 5.91 Å². The fraction of sp³-hybridized carbons (Fsp3) is 0.562. The molecule has 1 amide bonds. The van der Waals surface area contributed by atoms with Crippen molar-refractivity contribution < 1.29 is 14.7 Å². The van der Waals surface area contributed by atoms with E-state index in [4.69, 9.17) is 5.11 Å². The summed E-state index contributed by atoms with van der Waals surface area (Å²) in [6, 6.07) is 4.66. The van der Waals surface area contributed by atoms with E-state index >= 15 is 0 Å². The van der Waals surface area contributed by atoms with E-state index in [-0.39, 0.29) is 23.3 Å². The van der Waals surface area contributed by atoms with Crippen molar-refractivity contribution in [2.24, 2.45) is 5.92 Å². The summed E-state index contributed by atoms with van der Waals surface area (Å²) in [7, 11) is 0. The van der Waals surface area contributed by atoms with Crippen molar-refractivity contribution in [1.82, 2.24) is 10.3 Å². The van der Waals surface area contributed by atoms with E-state index in [1.54, 1.807) is 12.1 Å². The molecular formula is C16H22N2O3. The molecule has 5 nitrogen and oxygen atoms in total. The zero-order valence-corrected chi connectivity index (χ0v) is 12.3. The first-order chi connectivity index (χ1) is 10.1. The highest BCUT2D eigenvalue weighted by molar-refractivity contribution is 5.94. The quantitative estimate of drug-likeness (QED) is 0.874. The molecule has 21 heavy (non-hydrogen) atoms. The van der Waals surface area contributed by atoms with Crippen LogP contribution in [-0.4, -0.2) is 28.0 Å². The maximum Gasteiger partial charge on any atom is 0.354 e. The van der Waals surface area contributed by atoms with Crippen LogP contribution in [0.15, 0.2) is 18.2 Å². The lowest BCUT2D eigenvalue weighted by molar-refractivity contribution is 0.0690. The molecule has 114 valence electrons. The molecule has 1 saturated carbocycles. The fourth-order valence-electron chi connectivity index (χ4n) is 2.94. The molecule has 2 N–H and O–H groups in total. The van der Waals surface area contributed by atoms with Gasteiger partial charge in [0.1, 0.15) is 11.4 Å². The minimum absolute atomic E-state index is 0.102. The number of amides is 1. The smallest absolute Gasteiger partial charge is 0.354 e. The Hall–Kier alpha value is -1.91. The Morgan fingerprint density at radius 2 is 1.90 bits per heavy atom. The van der Waals surface area contributed by atoms with E-state index in [0.29, 0.717) is 0 Å². The molecule has 1 aromatic heterocycles. The van der Waals surface area contributed by atoms with Crippen molar-refractivity contribution in [3.63, 3.8) is 0 Å². The first-order valence-electron chi connectivity index (χ1n) is 7.61. The Kier molecular flexibility index (Phi) is 5.31. The highest BCUT2D eigenvalue weighted by Gasteiger charge is 2.22. The number of carbonyl (C=O) groups excluding carboxylic acids is 1. The van der Waals surface area contributed by atoms with Crippen LogP contribution in [0.1, 0.15) is 66.4 Å². The Balaban J connectivity index is 1.90. The van der Waals surface area contributed by atoms with Crippen LogP contribution in [0, 0.1) is 5.92 Å². The molecule has 0 aliphatic heterocycles. The minimum atomic E-state index is -1.12. The van der Waals surface area contributed by atoms with Crippen molar-refractivity contribution >= 4 is 11.9 Å². The number of rotatable bonds is 5. The molecule has 5 heteroatoms. The predicted molar refractivity (Wildman–Crippen MR) is 79.3 cm³/mol. The largest absolute Gasteiger partial charge is 0.477 e. The molecule has 1 aliphatic carbocycles. The Morgan fingerprint density at radius 3 is 2.52 bits per heavy atom. The molecule has 1 heterocycles. The standard InChI is InChI=1S/C16H22N2O3/c1-2-4-11-7-9-12(10-8-11)17-15(19)13-5-3-6-14(18-13)16(20)21/h3,5-6,11-12H,2,4,7-10H2,1H3,(H,17,19)(H,20,21). The summed E-state index contributed by atoms with van der Waals surface area (Å²) in [5.41, 5.74) is 0.0693. The van der Waals surface area contributed by atoms with Gasteiger partial charge in [-0.15, -0.1) is 0 Å². The summed E-state index contributed by atoms with van der Waals surface area (Å²) in [6.07, 6.45) is 6.78. The van der Waals surface area contributed by atoms with E-state index in [1.807, 2.05) is 0 Å². The minimum Gasteiger partial charge on any atom is -0.477 e. The first-order valence-corrected chi connectivity index (χ1v) is 7.61. The maximum absolute atomic E-state index is 12.1. The zero-order chi connectivity index (χ0) is 15.2. The van der Waals surface area contributed by atoms with Gasteiger partial charge in [0.15, 0.2) is 0 Å². The molecule has 0 saturated heterocycles. The zero-order valence-electron chi connectivity index (χ0n) is 12.3. The first kappa shape index (κ1) is 15.5. The van der Waals surface area contributed by atoms with E-state index in [9.17, 15) is 9.59 Å². The summed E-state index contributed by atoms with van der Waals surface area (Å²) in [6.45, 7) is 2.20. The van der Waals surface area contributed by atoms with E-state index < -0.39 is 5.97 Å². The van der Waals surface area contributed by atoms with Crippen LogP contribution in [0.5, 0.6) is 0 Å². The van der Waals surface area contributed by atoms with Crippen LogP contribution < -0.4 is 5.32 Å². The molecule has 0 radical (unpaired) electrons. The number of nitrogens with one attached hydrogen (secondary N) is 1. The molecule has 1 aliphatic rings. The van der Waals surface area contributed by atoms with Crippen molar-refractivity contribution in [2.75, 3.05) is 0 Å². The molecule has 2 rings (SSSR count). The molecule has 1 aromatic rings. The number of hydrogen-bond donors (Lipinski definition) is 2.